The van der Waals surface area contributed by atoms with Crippen LogP contribution >= 0.6 is 0 Å². The smallest absolute Gasteiger partial charge is 0.127 e. The summed E-state index contributed by atoms with van der Waals surface area (Å²) in [4.78, 5) is 8.83. The summed E-state index contributed by atoms with van der Waals surface area (Å²) in [6.45, 7) is 0. The molecule has 0 radical (unpaired) electrons. The van der Waals surface area contributed by atoms with Gasteiger partial charge < -0.3 is 5.11 Å². The van der Waals surface area contributed by atoms with Gasteiger partial charge in [0.15, 0.2) is 0 Å². The highest BCUT2D eigenvalue weighted by molar-refractivity contribution is 5.79. The number of phenols is 1. The van der Waals surface area contributed by atoms with Crippen molar-refractivity contribution in [3.8, 4) is 50.5 Å². The number of benzene rings is 3. The van der Waals surface area contributed by atoms with Gasteiger partial charge in [-0.3, -0.25) is 4.98 Å². The second kappa shape index (κ2) is 8.44. The number of pyridine rings is 2. The maximum absolute atomic E-state index is 13.5. The van der Waals surface area contributed by atoms with Crippen LogP contribution in [0, 0.1) is 5.82 Å². The van der Waals surface area contributed by atoms with Crippen LogP contribution in [0.4, 0.5) is 4.39 Å². The molecule has 0 atom stereocenters. The lowest BCUT2D eigenvalue weighted by molar-refractivity contribution is 0.471. The van der Waals surface area contributed by atoms with Crippen molar-refractivity contribution in [1.82, 2.24) is 9.97 Å². The first kappa shape index (κ1) is 19.6. The fourth-order valence-electron chi connectivity index (χ4n) is 3.71. The Hall–Kier alpha value is -4.31. The third-order valence-electron chi connectivity index (χ3n) is 5.36. The van der Waals surface area contributed by atoms with Crippen LogP contribution in [-0.4, -0.2) is 15.1 Å². The molecule has 3 nitrogen and oxygen atoms in total. The zero-order valence-corrected chi connectivity index (χ0v) is 17.1. The van der Waals surface area contributed by atoms with Gasteiger partial charge in [0.2, 0.25) is 0 Å². The van der Waals surface area contributed by atoms with E-state index in [0.717, 1.165) is 39.6 Å². The maximum Gasteiger partial charge on any atom is 0.127 e. The highest BCUT2D eigenvalue weighted by Gasteiger charge is 2.12. The highest BCUT2D eigenvalue weighted by atomic mass is 19.1. The third-order valence-corrected chi connectivity index (χ3v) is 5.36. The second-order valence-electron chi connectivity index (χ2n) is 7.47. The molecule has 32 heavy (non-hydrogen) atoms. The van der Waals surface area contributed by atoms with Crippen LogP contribution in [0.25, 0.3) is 44.8 Å². The highest BCUT2D eigenvalue weighted by Crippen LogP contribution is 2.34. The number of halogens is 1. The molecule has 0 bridgehead atoms. The largest absolute Gasteiger partial charge is 0.507 e. The average Bonchev–Trinajstić information content (AvgIpc) is 2.85. The molecule has 1 N–H and O–H groups in total. The fourth-order valence-corrected chi connectivity index (χ4v) is 3.71. The standard InChI is InChI=1S/C28H19FN2O/c29-24-10-11-25(28(32)18-24)27-17-23(16-26(31-27)22-12-14-30-15-13-22)21-8-6-20(7-9-21)19-4-2-1-3-5-19/h1-18,32H. The Kier molecular flexibility index (Phi) is 5.18. The first-order valence-electron chi connectivity index (χ1n) is 10.2. The third kappa shape index (κ3) is 3.98. The molecule has 0 aliphatic heterocycles. The van der Waals surface area contributed by atoms with E-state index in [0.29, 0.717) is 11.3 Å². The summed E-state index contributed by atoms with van der Waals surface area (Å²) < 4.78 is 13.5. The molecule has 5 aromatic rings. The molecule has 2 heterocycles. The molecule has 3 aromatic carbocycles. The van der Waals surface area contributed by atoms with E-state index >= 15 is 0 Å². The summed E-state index contributed by atoms with van der Waals surface area (Å²) in [6, 6.07) is 30.2. The van der Waals surface area contributed by atoms with Crippen molar-refractivity contribution < 1.29 is 9.50 Å². The summed E-state index contributed by atoms with van der Waals surface area (Å²) in [5.74, 6) is -0.636. The summed E-state index contributed by atoms with van der Waals surface area (Å²) in [5, 5.41) is 10.3. The fraction of sp³-hybridized carbons (Fsp3) is 0. The monoisotopic (exact) mass is 418 g/mol. The van der Waals surface area contributed by atoms with Gasteiger partial charge in [-0.15, -0.1) is 0 Å². The Morgan fingerprint density at radius 2 is 1.19 bits per heavy atom. The van der Waals surface area contributed by atoms with Crippen LogP contribution in [0.2, 0.25) is 0 Å². The Bertz CT molecular complexity index is 1370. The summed E-state index contributed by atoms with van der Waals surface area (Å²) >= 11 is 0. The Morgan fingerprint density at radius 1 is 0.562 bits per heavy atom. The molecule has 5 rings (SSSR count). The number of phenolic OH excluding ortho intramolecular Hbond substituents is 1. The van der Waals surface area contributed by atoms with E-state index in [2.05, 4.69) is 41.4 Å². The van der Waals surface area contributed by atoms with Crippen molar-refractivity contribution in [2.45, 2.75) is 0 Å². The predicted molar refractivity (Wildman–Crippen MR) is 125 cm³/mol. The van der Waals surface area contributed by atoms with Crippen molar-refractivity contribution in [2.24, 2.45) is 0 Å². The molecule has 0 saturated carbocycles. The lowest BCUT2D eigenvalue weighted by Gasteiger charge is -2.12. The Morgan fingerprint density at radius 3 is 1.88 bits per heavy atom. The van der Waals surface area contributed by atoms with Crippen LogP contribution in [0.5, 0.6) is 5.75 Å². The lowest BCUT2D eigenvalue weighted by atomic mass is 9.97. The molecule has 2 aromatic heterocycles. The minimum absolute atomic E-state index is 0.144. The molecule has 0 amide bonds. The first-order chi connectivity index (χ1) is 15.7. The normalized spacial score (nSPS) is 10.8. The van der Waals surface area contributed by atoms with E-state index in [4.69, 9.17) is 4.98 Å². The number of aromatic hydroxyl groups is 1. The van der Waals surface area contributed by atoms with Gasteiger partial charge in [-0.05, 0) is 58.7 Å². The lowest BCUT2D eigenvalue weighted by Crippen LogP contribution is -1.92. The number of rotatable bonds is 4. The maximum atomic E-state index is 13.5. The zero-order chi connectivity index (χ0) is 21.9. The number of hydrogen-bond acceptors (Lipinski definition) is 3. The van der Waals surface area contributed by atoms with Crippen molar-refractivity contribution in [1.29, 1.82) is 0 Å². The minimum atomic E-state index is -0.492. The average molecular weight is 418 g/mol. The van der Waals surface area contributed by atoms with E-state index in [-0.39, 0.29) is 5.75 Å². The van der Waals surface area contributed by atoms with E-state index < -0.39 is 5.82 Å². The van der Waals surface area contributed by atoms with Gasteiger partial charge >= 0.3 is 0 Å². The number of nitrogens with zero attached hydrogens (tertiary/aromatic N) is 2. The molecule has 0 aliphatic carbocycles. The van der Waals surface area contributed by atoms with Gasteiger partial charge in [0.25, 0.3) is 0 Å². The van der Waals surface area contributed by atoms with Crippen molar-refractivity contribution in [3.05, 3.63) is 115 Å². The van der Waals surface area contributed by atoms with E-state index in [9.17, 15) is 9.50 Å². The predicted octanol–water partition coefficient (Wildman–Crippen LogP) is 6.99. The van der Waals surface area contributed by atoms with Gasteiger partial charge in [0.05, 0.1) is 11.4 Å². The molecule has 0 unspecified atom stereocenters. The van der Waals surface area contributed by atoms with Crippen molar-refractivity contribution in [3.63, 3.8) is 0 Å². The van der Waals surface area contributed by atoms with E-state index in [1.54, 1.807) is 18.5 Å². The molecule has 154 valence electrons. The Labute approximate surface area is 185 Å². The van der Waals surface area contributed by atoms with Gasteiger partial charge in [-0.2, -0.15) is 0 Å². The molecular weight excluding hydrogens is 399 g/mol. The van der Waals surface area contributed by atoms with Gasteiger partial charge in [-0.25, -0.2) is 9.37 Å². The summed E-state index contributed by atoms with van der Waals surface area (Å²) in [7, 11) is 0. The molecule has 0 aliphatic rings. The van der Waals surface area contributed by atoms with Gasteiger partial charge in [0.1, 0.15) is 11.6 Å². The molecule has 0 fully saturated rings. The van der Waals surface area contributed by atoms with Crippen LogP contribution in [0.1, 0.15) is 0 Å². The van der Waals surface area contributed by atoms with Crippen LogP contribution in [0.15, 0.2) is 109 Å². The Balaban J connectivity index is 1.63. The number of hydrogen-bond donors (Lipinski definition) is 1. The topological polar surface area (TPSA) is 46.0 Å². The van der Waals surface area contributed by atoms with Crippen molar-refractivity contribution in [2.75, 3.05) is 0 Å². The number of aromatic nitrogens is 2. The van der Waals surface area contributed by atoms with Crippen LogP contribution in [0.3, 0.4) is 0 Å². The van der Waals surface area contributed by atoms with Crippen LogP contribution < -0.4 is 0 Å². The van der Waals surface area contributed by atoms with Crippen molar-refractivity contribution >= 4 is 0 Å². The SMILES string of the molecule is Oc1cc(F)ccc1-c1cc(-c2ccc(-c3ccccc3)cc2)cc(-c2ccncc2)n1. The molecule has 0 spiro atoms. The van der Waals surface area contributed by atoms with E-state index in [1.165, 1.54) is 6.07 Å². The zero-order valence-electron chi connectivity index (χ0n) is 17.1. The summed E-state index contributed by atoms with van der Waals surface area (Å²) in [6.07, 6.45) is 3.43. The van der Waals surface area contributed by atoms with Gasteiger partial charge in [0, 0.05) is 29.6 Å². The quantitative estimate of drug-likeness (QED) is 0.342. The second-order valence-corrected chi connectivity index (χ2v) is 7.47. The first-order valence-corrected chi connectivity index (χ1v) is 10.2. The minimum Gasteiger partial charge on any atom is -0.507 e. The molecule has 0 saturated heterocycles. The summed E-state index contributed by atoms with van der Waals surface area (Å²) in [5.41, 5.74) is 6.96. The van der Waals surface area contributed by atoms with Crippen LogP contribution in [-0.2, 0) is 0 Å². The molecule has 4 heteroatoms. The van der Waals surface area contributed by atoms with Gasteiger partial charge in [-0.1, -0.05) is 54.6 Å². The molecular formula is C28H19FN2O. The van der Waals surface area contributed by atoms with E-state index in [1.807, 2.05) is 42.5 Å².